The fourth-order valence-electron chi connectivity index (χ4n) is 2.99. The summed E-state index contributed by atoms with van der Waals surface area (Å²) in [6.45, 7) is 1.53. The standard InChI is InChI=1S/C16H20N2OS.ClH/c17-9-8-13-6-3-4-10-18(13)16(19)15-11-12-5-1-2-7-14(12)20-15;/h1-2,5,7,11,13H,3-4,6,8-10,17H2;1H. The van der Waals surface area contributed by atoms with Crippen LogP contribution in [0.25, 0.3) is 10.1 Å². The second kappa shape index (κ2) is 7.25. The van der Waals surface area contributed by atoms with E-state index >= 15 is 0 Å². The van der Waals surface area contributed by atoms with Crippen molar-refractivity contribution in [2.24, 2.45) is 5.73 Å². The van der Waals surface area contributed by atoms with E-state index < -0.39 is 0 Å². The van der Waals surface area contributed by atoms with Gasteiger partial charge in [0.1, 0.15) is 0 Å². The third kappa shape index (κ3) is 3.39. The van der Waals surface area contributed by atoms with E-state index in [9.17, 15) is 4.79 Å². The van der Waals surface area contributed by atoms with Gasteiger partial charge in [0.05, 0.1) is 4.88 Å². The first-order valence-corrected chi connectivity index (χ1v) is 8.11. The Labute approximate surface area is 135 Å². The van der Waals surface area contributed by atoms with Gasteiger partial charge in [-0.1, -0.05) is 18.2 Å². The van der Waals surface area contributed by atoms with Crippen LogP contribution in [0.5, 0.6) is 0 Å². The first-order chi connectivity index (χ1) is 9.79. The smallest absolute Gasteiger partial charge is 0.264 e. The Morgan fingerprint density at radius 1 is 1.33 bits per heavy atom. The van der Waals surface area contributed by atoms with Crippen molar-refractivity contribution in [3.8, 4) is 0 Å². The largest absolute Gasteiger partial charge is 0.335 e. The molecule has 5 heteroatoms. The maximum atomic E-state index is 12.8. The Hall–Kier alpha value is -1.10. The fourth-order valence-corrected chi connectivity index (χ4v) is 4.01. The Morgan fingerprint density at radius 2 is 2.14 bits per heavy atom. The van der Waals surface area contributed by atoms with Gasteiger partial charge in [-0.05, 0) is 49.7 Å². The Bertz CT molecular complexity index is 578. The normalized spacial score (nSPS) is 18.5. The van der Waals surface area contributed by atoms with Crippen molar-refractivity contribution in [3.05, 3.63) is 35.2 Å². The second-order valence-electron chi connectivity index (χ2n) is 5.37. The van der Waals surface area contributed by atoms with Gasteiger partial charge in [0.2, 0.25) is 0 Å². The number of nitrogens with two attached hydrogens (primary N) is 1. The molecule has 0 radical (unpaired) electrons. The molecule has 3 rings (SSSR count). The van der Waals surface area contributed by atoms with Gasteiger partial charge in [0, 0.05) is 17.3 Å². The quantitative estimate of drug-likeness (QED) is 0.936. The highest BCUT2D eigenvalue weighted by atomic mass is 35.5. The number of amides is 1. The molecule has 2 aromatic rings. The van der Waals surface area contributed by atoms with Crippen LogP contribution in [-0.4, -0.2) is 29.9 Å². The predicted octanol–water partition coefficient (Wildman–Crippen LogP) is 3.67. The van der Waals surface area contributed by atoms with E-state index in [-0.39, 0.29) is 18.3 Å². The third-order valence-corrected chi connectivity index (χ3v) is 5.13. The average Bonchev–Trinajstić information content (AvgIpc) is 2.91. The summed E-state index contributed by atoms with van der Waals surface area (Å²) in [5, 5.41) is 1.16. The maximum Gasteiger partial charge on any atom is 0.264 e. The number of thiophene rings is 1. The molecule has 1 aromatic carbocycles. The summed E-state index contributed by atoms with van der Waals surface area (Å²) in [7, 11) is 0. The molecule has 2 N–H and O–H groups in total. The Balaban J connectivity index is 0.00000161. The van der Waals surface area contributed by atoms with Crippen molar-refractivity contribution >= 4 is 39.7 Å². The highest BCUT2D eigenvalue weighted by Crippen LogP contribution is 2.29. The number of likely N-dealkylation sites (tertiary alicyclic amines) is 1. The number of nitrogens with zero attached hydrogens (tertiary/aromatic N) is 1. The minimum atomic E-state index is 0. The molecule has 0 aliphatic carbocycles. The number of benzene rings is 1. The molecule has 1 saturated heterocycles. The lowest BCUT2D eigenvalue weighted by Crippen LogP contribution is -2.44. The average molecular weight is 325 g/mol. The summed E-state index contributed by atoms with van der Waals surface area (Å²) in [6, 6.07) is 10.5. The molecule has 1 fully saturated rings. The molecule has 1 amide bonds. The molecule has 3 nitrogen and oxygen atoms in total. The zero-order valence-electron chi connectivity index (χ0n) is 12.0. The van der Waals surface area contributed by atoms with Crippen LogP contribution in [0.4, 0.5) is 0 Å². The number of fused-ring (bicyclic) bond motifs is 1. The molecule has 1 aliphatic heterocycles. The summed E-state index contributed by atoms with van der Waals surface area (Å²) in [6.07, 6.45) is 4.32. The van der Waals surface area contributed by atoms with Gasteiger partial charge in [-0.2, -0.15) is 0 Å². The van der Waals surface area contributed by atoms with Crippen LogP contribution in [0.2, 0.25) is 0 Å². The van der Waals surface area contributed by atoms with Crippen molar-refractivity contribution in [2.75, 3.05) is 13.1 Å². The summed E-state index contributed by atoms with van der Waals surface area (Å²) in [5.74, 6) is 0.185. The van der Waals surface area contributed by atoms with Gasteiger partial charge in [-0.15, -0.1) is 23.7 Å². The summed E-state index contributed by atoms with van der Waals surface area (Å²) < 4.78 is 1.18. The first-order valence-electron chi connectivity index (χ1n) is 7.29. The topological polar surface area (TPSA) is 46.3 Å². The maximum absolute atomic E-state index is 12.8. The third-order valence-electron chi connectivity index (χ3n) is 4.02. The molecule has 0 spiro atoms. The van der Waals surface area contributed by atoms with E-state index in [1.54, 1.807) is 11.3 Å². The molecule has 1 aliphatic rings. The lowest BCUT2D eigenvalue weighted by molar-refractivity contribution is 0.0610. The Morgan fingerprint density at radius 3 is 2.90 bits per heavy atom. The van der Waals surface area contributed by atoms with Crippen LogP contribution in [-0.2, 0) is 0 Å². The van der Waals surface area contributed by atoms with E-state index in [1.807, 2.05) is 23.1 Å². The SMILES string of the molecule is Cl.NCCC1CCCCN1C(=O)c1cc2ccccc2s1. The van der Waals surface area contributed by atoms with Crippen molar-refractivity contribution in [3.63, 3.8) is 0 Å². The van der Waals surface area contributed by atoms with Gasteiger partial charge < -0.3 is 10.6 Å². The number of hydrogen-bond acceptors (Lipinski definition) is 3. The minimum absolute atomic E-state index is 0. The number of piperidine rings is 1. The van der Waals surface area contributed by atoms with Gasteiger partial charge >= 0.3 is 0 Å². The number of rotatable bonds is 3. The van der Waals surface area contributed by atoms with E-state index in [4.69, 9.17) is 5.73 Å². The van der Waals surface area contributed by atoms with Crippen LogP contribution < -0.4 is 5.73 Å². The fraction of sp³-hybridized carbons (Fsp3) is 0.438. The lowest BCUT2D eigenvalue weighted by Gasteiger charge is -2.35. The highest BCUT2D eigenvalue weighted by Gasteiger charge is 2.27. The molecule has 2 heterocycles. The molecule has 1 unspecified atom stereocenters. The highest BCUT2D eigenvalue weighted by molar-refractivity contribution is 7.20. The minimum Gasteiger partial charge on any atom is -0.335 e. The lowest BCUT2D eigenvalue weighted by atomic mass is 9.99. The molecular weight excluding hydrogens is 304 g/mol. The molecule has 0 bridgehead atoms. The van der Waals surface area contributed by atoms with Crippen LogP contribution in [0.15, 0.2) is 30.3 Å². The zero-order valence-corrected chi connectivity index (χ0v) is 13.6. The second-order valence-corrected chi connectivity index (χ2v) is 6.46. The van der Waals surface area contributed by atoms with Gasteiger partial charge in [-0.3, -0.25) is 4.79 Å². The van der Waals surface area contributed by atoms with Crippen molar-refractivity contribution in [1.29, 1.82) is 0 Å². The van der Waals surface area contributed by atoms with E-state index in [2.05, 4.69) is 12.1 Å². The van der Waals surface area contributed by atoms with Crippen LogP contribution in [0.1, 0.15) is 35.4 Å². The zero-order chi connectivity index (χ0) is 13.9. The van der Waals surface area contributed by atoms with Crippen molar-refractivity contribution < 1.29 is 4.79 Å². The first kappa shape index (κ1) is 16.3. The van der Waals surface area contributed by atoms with E-state index in [1.165, 1.54) is 11.1 Å². The van der Waals surface area contributed by atoms with Crippen LogP contribution >= 0.6 is 23.7 Å². The van der Waals surface area contributed by atoms with Crippen LogP contribution in [0.3, 0.4) is 0 Å². The number of halogens is 1. The van der Waals surface area contributed by atoms with E-state index in [0.29, 0.717) is 12.6 Å². The molecule has 1 atom stereocenters. The predicted molar refractivity (Wildman–Crippen MR) is 91.4 cm³/mol. The molecule has 21 heavy (non-hydrogen) atoms. The van der Waals surface area contributed by atoms with Gasteiger partial charge in [0.15, 0.2) is 0 Å². The Kier molecular flexibility index (Phi) is 5.62. The van der Waals surface area contributed by atoms with Gasteiger partial charge in [0.25, 0.3) is 5.91 Å². The molecule has 114 valence electrons. The molecule has 1 aromatic heterocycles. The van der Waals surface area contributed by atoms with Crippen LogP contribution in [0, 0.1) is 0 Å². The summed E-state index contributed by atoms with van der Waals surface area (Å²) in [5.41, 5.74) is 5.69. The van der Waals surface area contributed by atoms with Crippen molar-refractivity contribution in [1.82, 2.24) is 4.90 Å². The van der Waals surface area contributed by atoms with Gasteiger partial charge in [-0.25, -0.2) is 0 Å². The monoisotopic (exact) mass is 324 g/mol. The summed E-state index contributed by atoms with van der Waals surface area (Å²) >= 11 is 1.60. The van der Waals surface area contributed by atoms with E-state index in [0.717, 1.165) is 36.1 Å². The van der Waals surface area contributed by atoms with Crippen molar-refractivity contribution in [2.45, 2.75) is 31.7 Å². The molecule has 0 saturated carbocycles. The molecular formula is C16H21ClN2OS. The number of carbonyl (C=O) groups excluding carboxylic acids is 1. The number of carbonyl (C=O) groups is 1. The summed E-state index contributed by atoms with van der Waals surface area (Å²) in [4.78, 5) is 15.6. The number of hydrogen-bond donors (Lipinski definition) is 1.